The standard InChI is InChI=1S/C17H21F3N2O2/c18-17(19,20)14-6-2-1-5-13(14)15-9-12(23)10-22(15)11-16(24)21-7-3-4-8-21/h1-2,5-6,12,15,23H,3-4,7-11H2. The summed E-state index contributed by atoms with van der Waals surface area (Å²) in [5.41, 5.74) is -0.557. The molecule has 1 amide bonds. The van der Waals surface area contributed by atoms with Crippen LogP contribution in [0.3, 0.4) is 0 Å². The molecular formula is C17H21F3N2O2. The number of amides is 1. The number of hydrogen-bond donors (Lipinski definition) is 1. The van der Waals surface area contributed by atoms with E-state index in [2.05, 4.69) is 0 Å². The number of carbonyl (C=O) groups is 1. The molecule has 0 radical (unpaired) electrons. The molecule has 0 aromatic heterocycles. The van der Waals surface area contributed by atoms with E-state index in [-0.39, 0.29) is 31.0 Å². The summed E-state index contributed by atoms with van der Waals surface area (Å²) in [7, 11) is 0. The van der Waals surface area contributed by atoms with Gasteiger partial charge >= 0.3 is 6.18 Å². The van der Waals surface area contributed by atoms with Crippen molar-refractivity contribution >= 4 is 5.91 Å². The zero-order chi connectivity index (χ0) is 17.3. The second-order valence-corrected chi connectivity index (χ2v) is 6.51. The summed E-state index contributed by atoms with van der Waals surface area (Å²) in [6.45, 7) is 1.68. The van der Waals surface area contributed by atoms with Gasteiger partial charge in [0.2, 0.25) is 5.91 Å². The van der Waals surface area contributed by atoms with E-state index >= 15 is 0 Å². The Balaban J connectivity index is 1.82. The van der Waals surface area contributed by atoms with Crippen molar-refractivity contribution in [2.45, 2.75) is 37.6 Å². The highest BCUT2D eigenvalue weighted by Crippen LogP contribution is 2.40. The molecule has 2 unspecified atom stereocenters. The van der Waals surface area contributed by atoms with Gasteiger partial charge in [0.1, 0.15) is 0 Å². The lowest BCUT2D eigenvalue weighted by atomic mass is 9.97. The fraction of sp³-hybridized carbons (Fsp3) is 0.588. The Morgan fingerprint density at radius 3 is 2.54 bits per heavy atom. The number of carbonyl (C=O) groups excluding carboxylic acids is 1. The van der Waals surface area contributed by atoms with Crippen LogP contribution >= 0.6 is 0 Å². The van der Waals surface area contributed by atoms with Crippen LogP contribution in [0.4, 0.5) is 13.2 Å². The number of nitrogens with zero attached hydrogens (tertiary/aromatic N) is 2. The van der Waals surface area contributed by atoms with Crippen LogP contribution in [0.1, 0.15) is 36.4 Å². The van der Waals surface area contributed by atoms with Crippen LogP contribution in [0.25, 0.3) is 0 Å². The fourth-order valence-electron chi connectivity index (χ4n) is 3.66. The molecule has 1 N–H and O–H groups in total. The van der Waals surface area contributed by atoms with Crippen molar-refractivity contribution in [1.29, 1.82) is 0 Å². The first-order chi connectivity index (χ1) is 11.4. The van der Waals surface area contributed by atoms with Crippen LogP contribution in [0.2, 0.25) is 0 Å². The summed E-state index contributed by atoms with van der Waals surface area (Å²) >= 11 is 0. The van der Waals surface area contributed by atoms with Gasteiger partial charge in [-0.05, 0) is 30.9 Å². The minimum atomic E-state index is -4.45. The first kappa shape index (κ1) is 17.2. The first-order valence-electron chi connectivity index (χ1n) is 8.22. The summed E-state index contributed by atoms with van der Waals surface area (Å²) < 4.78 is 39.8. The molecule has 1 aromatic carbocycles. The van der Waals surface area contributed by atoms with Gasteiger partial charge in [-0.3, -0.25) is 9.69 Å². The lowest BCUT2D eigenvalue weighted by molar-refractivity contribution is -0.138. The van der Waals surface area contributed by atoms with Crippen molar-refractivity contribution in [2.24, 2.45) is 0 Å². The van der Waals surface area contributed by atoms with Crippen LogP contribution in [-0.2, 0) is 11.0 Å². The molecular weight excluding hydrogens is 321 g/mol. The van der Waals surface area contributed by atoms with Crippen molar-refractivity contribution < 1.29 is 23.1 Å². The highest BCUT2D eigenvalue weighted by molar-refractivity contribution is 5.78. The third kappa shape index (κ3) is 3.57. The van der Waals surface area contributed by atoms with Crippen molar-refractivity contribution in [3.8, 4) is 0 Å². The zero-order valence-electron chi connectivity index (χ0n) is 13.3. The van der Waals surface area contributed by atoms with E-state index in [9.17, 15) is 23.1 Å². The highest BCUT2D eigenvalue weighted by atomic mass is 19.4. The maximum Gasteiger partial charge on any atom is 0.416 e. The van der Waals surface area contributed by atoms with Gasteiger partial charge in [-0.25, -0.2) is 0 Å². The zero-order valence-corrected chi connectivity index (χ0v) is 13.3. The number of hydrogen-bond acceptors (Lipinski definition) is 3. The second kappa shape index (κ2) is 6.72. The number of aliphatic hydroxyl groups is 1. The molecule has 2 heterocycles. The molecule has 2 atom stereocenters. The Labute approximate surface area is 138 Å². The van der Waals surface area contributed by atoms with Crippen molar-refractivity contribution in [1.82, 2.24) is 9.80 Å². The van der Waals surface area contributed by atoms with E-state index in [1.54, 1.807) is 15.9 Å². The number of benzene rings is 1. The molecule has 2 saturated heterocycles. The topological polar surface area (TPSA) is 43.8 Å². The van der Waals surface area contributed by atoms with Gasteiger partial charge in [-0.1, -0.05) is 18.2 Å². The molecule has 24 heavy (non-hydrogen) atoms. The molecule has 0 bridgehead atoms. The van der Waals surface area contributed by atoms with E-state index in [1.165, 1.54) is 12.1 Å². The predicted molar refractivity (Wildman–Crippen MR) is 82.2 cm³/mol. The first-order valence-corrected chi connectivity index (χ1v) is 8.22. The van der Waals surface area contributed by atoms with E-state index in [1.807, 2.05) is 0 Å². The Bertz CT molecular complexity index is 600. The summed E-state index contributed by atoms with van der Waals surface area (Å²) in [4.78, 5) is 15.8. The molecule has 2 aliphatic heterocycles. The Morgan fingerprint density at radius 2 is 1.88 bits per heavy atom. The molecule has 0 aliphatic carbocycles. The predicted octanol–water partition coefficient (Wildman–Crippen LogP) is 2.44. The van der Waals surface area contributed by atoms with Gasteiger partial charge in [-0.15, -0.1) is 0 Å². The van der Waals surface area contributed by atoms with Gasteiger partial charge in [0.15, 0.2) is 0 Å². The third-order valence-electron chi connectivity index (χ3n) is 4.80. The number of aliphatic hydroxyl groups excluding tert-OH is 1. The average molecular weight is 342 g/mol. The SMILES string of the molecule is O=C(CN1CC(O)CC1c1ccccc1C(F)(F)F)N1CCCC1. The smallest absolute Gasteiger partial charge is 0.392 e. The van der Waals surface area contributed by atoms with Crippen LogP contribution in [0.5, 0.6) is 0 Å². The van der Waals surface area contributed by atoms with Crippen molar-refractivity contribution in [3.63, 3.8) is 0 Å². The fourth-order valence-corrected chi connectivity index (χ4v) is 3.66. The second-order valence-electron chi connectivity index (χ2n) is 6.51. The van der Waals surface area contributed by atoms with E-state index in [4.69, 9.17) is 0 Å². The van der Waals surface area contributed by atoms with Gasteiger partial charge in [0.05, 0.1) is 18.2 Å². The molecule has 132 valence electrons. The minimum Gasteiger partial charge on any atom is -0.392 e. The normalized spacial score (nSPS) is 25.4. The molecule has 3 rings (SSSR count). The Hall–Kier alpha value is -1.60. The molecule has 0 spiro atoms. The third-order valence-corrected chi connectivity index (χ3v) is 4.80. The summed E-state index contributed by atoms with van der Waals surface area (Å²) in [6.07, 6.45) is -3.03. The molecule has 2 aliphatic rings. The van der Waals surface area contributed by atoms with Gasteiger partial charge in [-0.2, -0.15) is 13.2 Å². The quantitative estimate of drug-likeness (QED) is 0.918. The largest absolute Gasteiger partial charge is 0.416 e. The lowest BCUT2D eigenvalue weighted by Gasteiger charge is -2.28. The molecule has 7 heteroatoms. The van der Waals surface area contributed by atoms with Crippen LogP contribution in [0.15, 0.2) is 24.3 Å². The average Bonchev–Trinajstić information content (AvgIpc) is 3.16. The Morgan fingerprint density at radius 1 is 1.21 bits per heavy atom. The lowest BCUT2D eigenvalue weighted by Crippen LogP contribution is -2.39. The van der Waals surface area contributed by atoms with E-state index in [0.717, 1.165) is 18.9 Å². The number of β-amino-alcohol motifs (C(OH)–C–C–N with tert-alkyl or cyclic N) is 1. The summed E-state index contributed by atoms with van der Waals surface area (Å²) in [6, 6.07) is 4.83. The maximum absolute atomic E-state index is 13.3. The van der Waals surface area contributed by atoms with E-state index in [0.29, 0.717) is 13.1 Å². The van der Waals surface area contributed by atoms with Crippen molar-refractivity contribution in [2.75, 3.05) is 26.2 Å². The van der Waals surface area contributed by atoms with E-state index < -0.39 is 23.9 Å². The summed E-state index contributed by atoms with van der Waals surface area (Å²) in [5.74, 6) is -0.0731. The number of halogens is 3. The van der Waals surface area contributed by atoms with Crippen LogP contribution in [0, 0.1) is 0 Å². The Kier molecular flexibility index (Phi) is 4.83. The van der Waals surface area contributed by atoms with Gasteiger partial charge in [0, 0.05) is 25.7 Å². The van der Waals surface area contributed by atoms with Crippen LogP contribution in [-0.4, -0.2) is 53.1 Å². The minimum absolute atomic E-state index is 0.0495. The van der Waals surface area contributed by atoms with Gasteiger partial charge in [0.25, 0.3) is 0 Å². The van der Waals surface area contributed by atoms with Crippen LogP contribution < -0.4 is 0 Å². The number of alkyl halides is 3. The molecule has 0 saturated carbocycles. The molecule has 1 aromatic rings. The molecule has 2 fully saturated rings. The van der Waals surface area contributed by atoms with Crippen molar-refractivity contribution in [3.05, 3.63) is 35.4 Å². The van der Waals surface area contributed by atoms with Gasteiger partial charge < -0.3 is 10.0 Å². The highest BCUT2D eigenvalue weighted by Gasteiger charge is 2.40. The molecule has 4 nitrogen and oxygen atoms in total. The monoisotopic (exact) mass is 342 g/mol. The number of likely N-dealkylation sites (tertiary alicyclic amines) is 2. The number of rotatable bonds is 3. The summed E-state index contributed by atoms with van der Waals surface area (Å²) in [5, 5.41) is 9.96. The maximum atomic E-state index is 13.3.